The second kappa shape index (κ2) is 9.77. The van der Waals surface area contributed by atoms with Gasteiger partial charge in [-0.3, -0.25) is 4.98 Å². The van der Waals surface area contributed by atoms with Crippen molar-refractivity contribution < 1.29 is 5.11 Å². The third kappa shape index (κ3) is 4.21. The molecule has 1 saturated heterocycles. The quantitative estimate of drug-likeness (QED) is 0.444. The molecule has 5 rings (SSSR count). The van der Waals surface area contributed by atoms with Crippen LogP contribution in [0.5, 0.6) is 0 Å². The Kier molecular flexibility index (Phi) is 6.40. The van der Waals surface area contributed by atoms with Gasteiger partial charge in [0.05, 0.1) is 11.9 Å². The van der Waals surface area contributed by atoms with Gasteiger partial charge in [-0.2, -0.15) is 19.6 Å². The Morgan fingerprint density at radius 3 is 2.68 bits per heavy atom. The van der Waals surface area contributed by atoms with Crippen molar-refractivity contribution in [2.75, 3.05) is 30.0 Å². The molecular formula is C26H31N7O. The lowest BCUT2D eigenvalue weighted by Gasteiger charge is -2.36. The van der Waals surface area contributed by atoms with E-state index in [1.807, 2.05) is 42.2 Å². The van der Waals surface area contributed by atoms with E-state index in [2.05, 4.69) is 51.1 Å². The summed E-state index contributed by atoms with van der Waals surface area (Å²) in [5, 5.41) is 14.2. The number of aliphatic hydroxyl groups excluding tert-OH is 1. The Bertz CT molecular complexity index is 1240. The highest BCUT2D eigenvalue weighted by molar-refractivity contribution is 5.67. The average molecular weight is 458 g/mol. The van der Waals surface area contributed by atoms with Crippen LogP contribution in [-0.4, -0.2) is 55.9 Å². The number of anilines is 3. The van der Waals surface area contributed by atoms with Crippen LogP contribution in [-0.2, 0) is 6.42 Å². The number of hydrogen-bond acceptors (Lipinski definition) is 7. The van der Waals surface area contributed by atoms with Crippen LogP contribution in [0.25, 0.3) is 16.9 Å². The minimum Gasteiger partial charge on any atom is -0.396 e. The van der Waals surface area contributed by atoms with Gasteiger partial charge in [0.1, 0.15) is 0 Å². The maximum absolute atomic E-state index is 9.61. The molecule has 1 N–H and O–H groups in total. The van der Waals surface area contributed by atoms with Crippen LogP contribution in [0, 0.1) is 0 Å². The van der Waals surface area contributed by atoms with Crippen molar-refractivity contribution in [2.45, 2.75) is 45.1 Å². The molecule has 1 atom stereocenters. The Balaban J connectivity index is 1.55. The van der Waals surface area contributed by atoms with Gasteiger partial charge in [-0.25, -0.2) is 0 Å². The number of nitrogens with zero attached hydrogens (tertiary/aromatic N) is 7. The largest absolute Gasteiger partial charge is 0.396 e. The van der Waals surface area contributed by atoms with Gasteiger partial charge in [0.15, 0.2) is 5.65 Å². The van der Waals surface area contributed by atoms with E-state index in [9.17, 15) is 5.11 Å². The maximum atomic E-state index is 9.61. The van der Waals surface area contributed by atoms with Crippen molar-refractivity contribution in [1.29, 1.82) is 0 Å². The summed E-state index contributed by atoms with van der Waals surface area (Å²) in [4.78, 5) is 18.7. The van der Waals surface area contributed by atoms with Crippen molar-refractivity contribution >= 4 is 23.2 Å². The molecule has 1 aromatic carbocycles. The van der Waals surface area contributed by atoms with E-state index >= 15 is 0 Å². The molecule has 0 amide bonds. The summed E-state index contributed by atoms with van der Waals surface area (Å²) in [5.41, 5.74) is 4.96. The lowest BCUT2D eigenvalue weighted by Crippen LogP contribution is -2.41. The average Bonchev–Trinajstić information content (AvgIpc) is 3.32. The number of aromatic nitrogens is 5. The zero-order valence-corrected chi connectivity index (χ0v) is 19.8. The first-order valence-corrected chi connectivity index (χ1v) is 12.1. The van der Waals surface area contributed by atoms with Gasteiger partial charge in [-0.15, -0.1) is 0 Å². The third-order valence-electron chi connectivity index (χ3n) is 6.65. The first kappa shape index (κ1) is 22.3. The highest BCUT2D eigenvalue weighted by atomic mass is 16.3. The topological polar surface area (TPSA) is 82.7 Å². The summed E-state index contributed by atoms with van der Waals surface area (Å²) >= 11 is 0. The Labute approximate surface area is 199 Å². The highest BCUT2D eigenvalue weighted by Gasteiger charge is 2.27. The number of hydrogen-bond donors (Lipinski definition) is 1. The molecule has 0 bridgehead atoms. The predicted molar refractivity (Wildman–Crippen MR) is 135 cm³/mol. The van der Waals surface area contributed by atoms with Crippen molar-refractivity contribution in [3.63, 3.8) is 0 Å². The fourth-order valence-electron chi connectivity index (χ4n) is 4.71. The van der Waals surface area contributed by atoms with Crippen LogP contribution >= 0.6 is 0 Å². The van der Waals surface area contributed by atoms with E-state index < -0.39 is 0 Å². The summed E-state index contributed by atoms with van der Waals surface area (Å²) in [6.07, 6.45) is 8.60. The van der Waals surface area contributed by atoms with Crippen LogP contribution in [0.4, 0.5) is 17.6 Å². The fraction of sp³-hybridized carbons (Fsp3) is 0.385. The van der Waals surface area contributed by atoms with E-state index in [4.69, 9.17) is 9.97 Å². The van der Waals surface area contributed by atoms with E-state index in [1.54, 1.807) is 0 Å². The Morgan fingerprint density at radius 2 is 1.94 bits per heavy atom. The first-order chi connectivity index (χ1) is 16.7. The summed E-state index contributed by atoms with van der Waals surface area (Å²) in [7, 11) is 2.01. The van der Waals surface area contributed by atoms with Crippen molar-refractivity contribution in [3.05, 3.63) is 60.4 Å². The number of piperidine rings is 1. The van der Waals surface area contributed by atoms with E-state index in [-0.39, 0.29) is 12.6 Å². The number of benzene rings is 1. The van der Waals surface area contributed by atoms with Crippen molar-refractivity contribution in [3.8, 4) is 11.3 Å². The first-order valence-electron chi connectivity index (χ1n) is 12.1. The summed E-state index contributed by atoms with van der Waals surface area (Å²) in [6.45, 7) is 3.19. The summed E-state index contributed by atoms with van der Waals surface area (Å²) in [6, 6.07) is 14.5. The van der Waals surface area contributed by atoms with Crippen LogP contribution in [0.1, 0.15) is 38.2 Å². The number of aryl methyl sites for hydroxylation is 1. The molecule has 0 spiro atoms. The second-order valence-corrected chi connectivity index (χ2v) is 8.76. The smallest absolute Gasteiger partial charge is 0.236 e. The molecule has 1 fully saturated rings. The molecule has 0 unspecified atom stereocenters. The van der Waals surface area contributed by atoms with Gasteiger partial charge < -0.3 is 14.9 Å². The Hall–Kier alpha value is -3.52. The summed E-state index contributed by atoms with van der Waals surface area (Å²) in [5.74, 6) is 1.44. The molecule has 0 radical (unpaired) electrons. The molecule has 3 aromatic heterocycles. The molecule has 4 heterocycles. The predicted octanol–water partition coefficient (Wildman–Crippen LogP) is 4.26. The van der Waals surface area contributed by atoms with Gasteiger partial charge in [-0.05, 0) is 56.4 Å². The molecule has 34 heavy (non-hydrogen) atoms. The number of aliphatic hydroxyl groups is 1. The molecule has 8 nitrogen and oxygen atoms in total. The van der Waals surface area contributed by atoms with Gasteiger partial charge >= 0.3 is 0 Å². The van der Waals surface area contributed by atoms with E-state index in [1.165, 1.54) is 6.42 Å². The molecule has 0 aliphatic carbocycles. The highest BCUT2D eigenvalue weighted by Crippen LogP contribution is 2.30. The molecule has 4 aromatic rings. The minimum atomic E-state index is 0.172. The monoisotopic (exact) mass is 457 g/mol. The van der Waals surface area contributed by atoms with Crippen LogP contribution in [0.3, 0.4) is 0 Å². The van der Waals surface area contributed by atoms with Crippen LogP contribution in [0.15, 0.2) is 54.9 Å². The molecule has 176 valence electrons. The number of rotatable bonds is 7. The van der Waals surface area contributed by atoms with Crippen LogP contribution in [0.2, 0.25) is 0 Å². The van der Waals surface area contributed by atoms with Gasteiger partial charge in [-0.1, -0.05) is 25.1 Å². The normalized spacial score (nSPS) is 16.2. The maximum Gasteiger partial charge on any atom is 0.236 e. The van der Waals surface area contributed by atoms with Crippen molar-refractivity contribution in [1.82, 2.24) is 24.6 Å². The molecular weight excluding hydrogens is 426 g/mol. The standard InChI is InChI=1S/C26H31N7O/c1-3-19-18-28-33-24(19)29-25(32-16-7-5-8-22(32)14-17-34)30-26(33)31(2)21-12-10-20(11-13-21)23-9-4-6-15-27-23/h4,6,9-13,15,18,22,34H,3,5,7-8,14,16-17H2,1-2H3/t22-/m0/s1. The lowest BCUT2D eigenvalue weighted by atomic mass is 10.0. The second-order valence-electron chi connectivity index (χ2n) is 8.76. The lowest BCUT2D eigenvalue weighted by molar-refractivity contribution is 0.261. The molecule has 1 aliphatic rings. The van der Waals surface area contributed by atoms with E-state index in [0.29, 0.717) is 5.95 Å². The zero-order chi connectivity index (χ0) is 23.5. The third-order valence-corrected chi connectivity index (χ3v) is 6.65. The molecule has 1 aliphatic heterocycles. The summed E-state index contributed by atoms with van der Waals surface area (Å²) < 4.78 is 1.83. The minimum absolute atomic E-state index is 0.172. The fourth-order valence-corrected chi connectivity index (χ4v) is 4.71. The molecule has 8 heteroatoms. The molecule has 0 saturated carbocycles. The van der Waals surface area contributed by atoms with Gasteiger partial charge in [0.2, 0.25) is 11.9 Å². The number of fused-ring (bicyclic) bond motifs is 1. The van der Waals surface area contributed by atoms with Crippen LogP contribution < -0.4 is 9.80 Å². The van der Waals surface area contributed by atoms with Gasteiger partial charge in [0.25, 0.3) is 0 Å². The van der Waals surface area contributed by atoms with Gasteiger partial charge in [0, 0.05) is 49.3 Å². The SMILES string of the molecule is CCc1cnn2c(N(C)c3ccc(-c4ccccn4)cc3)nc(N3CCCC[C@H]3CCO)nc12. The zero-order valence-electron chi connectivity index (χ0n) is 19.8. The van der Waals surface area contributed by atoms with Crippen molar-refractivity contribution in [2.24, 2.45) is 0 Å². The Morgan fingerprint density at radius 1 is 1.09 bits per heavy atom. The number of pyridine rings is 1. The van der Waals surface area contributed by atoms with E-state index in [0.717, 1.165) is 66.3 Å².